The molecular formula is C15H18ClN3S. The summed E-state index contributed by atoms with van der Waals surface area (Å²) >= 11 is 7.38. The Bertz CT molecular complexity index is 543. The van der Waals surface area contributed by atoms with Gasteiger partial charge in [0.15, 0.2) is 0 Å². The van der Waals surface area contributed by atoms with Crippen LogP contribution in [0.25, 0.3) is 0 Å². The maximum absolute atomic E-state index is 6.11. The second-order valence-corrected chi connectivity index (χ2v) is 6.64. The summed E-state index contributed by atoms with van der Waals surface area (Å²) in [5.41, 5.74) is 2.36. The van der Waals surface area contributed by atoms with Gasteiger partial charge in [0.1, 0.15) is 10.0 Å². The molecule has 3 rings (SSSR count). The molecule has 0 saturated carbocycles. The molecule has 0 N–H and O–H groups in total. The molecule has 5 heteroatoms. The summed E-state index contributed by atoms with van der Waals surface area (Å²) in [7, 11) is 0. The van der Waals surface area contributed by atoms with Crippen LogP contribution in [-0.2, 0) is 13.0 Å². The number of benzene rings is 1. The summed E-state index contributed by atoms with van der Waals surface area (Å²) < 4.78 is 4.65. The smallest absolute Gasteiger partial charge is 0.138 e. The molecule has 1 aromatic heterocycles. The van der Waals surface area contributed by atoms with E-state index in [0.29, 0.717) is 6.04 Å². The standard InChI is InChI=1S/C15H18ClN3S/c16-15-14(17-18-20-15)11-19-10-4-7-13(19)9-8-12-5-2-1-3-6-12/h1-3,5-6,13H,4,7-11H2/t13-/m0/s1. The fraction of sp³-hybridized carbons (Fsp3) is 0.467. The van der Waals surface area contributed by atoms with E-state index < -0.39 is 0 Å². The topological polar surface area (TPSA) is 29.0 Å². The lowest BCUT2D eigenvalue weighted by Gasteiger charge is -2.23. The summed E-state index contributed by atoms with van der Waals surface area (Å²) in [5, 5.41) is 4.13. The molecule has 1 fully saturated rings. The van der Waals surface area contributed by atoms with Crippen LogP contribution in [0.2, 0.25) is 4.34 Å². The fourth-order valence-electron chi connectivity index (χ4n) is 2.89. The van der Waals surface area contributed by atoms with E-state index in [1.54, 1.807) is 0 Å². The van der Waals surface area contributed by atoms with Gasteiger partial charge in [-0.15, -0.1) is 5.10 Å². The largest absolute Gasteiger partial charge is 0.294 e. The first-order chi connectivity index (χ1) is 9.83. The molecule has 2 heterocycles. The van der Waals surface area contributed by atoms with Crippen LogP contribution < -0.4 is 0 Å². The molecule has 106 valence electrons. The van der Waals surface area contributed by atoms with Crippen molar-refractivity contribution >= 4 is 23.1 Å². The molecule has 0 unspecified atom stereocenters. The summed E-state index contributed by atoms with van der Waals surface area (Å²) in [6, 6.07) is 11.4. The van der Waals surface area contributed by atoms with Crippen LogP contribution in [0, 0.1) is 0 Å². The lowest BCUT2D eigenvalue weighted by Crippen LogP contribution is -2.29. The molecule has 1 aliphatic rings. The minimum absolute atomic E-state index is 0.646. The van der Waals surface area contributed by atoms with Crippen molar-refractivity contribution in [2.75, 3.05) is 6.54 Å². The van der Waals surface area contributed by atoms with Gasteiger partial charge in [0, 0.05) is 24.1 Å². The molecule has 0 spiro atoms. The first-order valence-electron chi connectivity index (χ1n) is 7.07. The quantitative estimate of drug-likeness (QED) is 0.841. The van der Waals surface area contributed by atoms with Crippen LogP contribution in [0.15, 0.2) is 30.3 Å². The van der Waals surface area contributed by atoms with E-state index in [9.17, 15) is 0 Å². The van der Waals surface area contributed by atoms with Crippen LogP contribution in [0.3, 0.4) is 0 Å². The number of halogens is 1. The summed E-state index contributed by atoms with van der Waals surface area (Å²) in [4.78, 5) is 2.51. The SMILES string of the molecule is Clc1snnc1CN1CCC[C@H]1CCc1ccccc1. The zero-order chi connectivity index (χ0) is 13.8. The summed E-state index contributed by atoms with van der Waals surface area (Å²) in [6.07, 6.45) is 4.90. The molecule has 1 atom stereocenters. The first-order valence-corrected chi connectivity index (χ1v) is 8.23. The van der Waals surface area contributed by atoms with E-state index in [4.69, 9.17) is 11.6 Å². The zero-order valence-corrected chi connectivity index (χ0v) is 12.9. The highest BCUT2D eigenvalue weighted by atomic mass is 35.5. The maximum atomic E-state index is 6.11. The molecule has 3 nitrogen and oxygen atoms in total. The Morgan fingerprint density at radius 2 is 2.15 bits per heavy atom. The van der Waals surface area contributed by atoms with Crippen molar-refractivity contribution in [3.63, 3.8) is 0 Å². The average Bonchev–Trinajstić information content (AvgIpc) is 3.08. The molecule has 0 aliphatic carbocycles. The van der Waals surface area contributed by atoms with Gasteiger partial charge in [0.25, 0.3) is 0 Å². The van der Waals surface area contributed by atoms with Gasteiger partial charge in [-0.1, -0.05) is 46.4 Å². The lowest BCUT2D eigenvalue weighted by molar-refractivity contribution is 0.232. The number of nitrogens with zero attached hydrogens (tertiary/aromatic N) is 3. The Balaban J connectivity index is 1.57. The number of aryl methyl sites for hydroxylation is 1. The Morgan fingerprint density at radius 1 is 1.30 bits per heavy atom. The minimum Gasteiger partial charge on any atom is -0.294 e. The molecule has 0 amide bonds. The van der Waals surface area contributed by atoms with E-state index in [1.807, 2.05) is 0 Å². The molecule has 0 bridgehead atoms. The first kappa shape index (κ1) is 14.0. The molecule has 1 aromatic carbocycles. The van der Waals surface area contributed by atoms with Crippen molar-refractivity contribution in [3.05, 3.63) is 45.9 Å². The third-order valence-electron chi connectivity index (χ3n) is 3.97. The van der Waals surface area contributed by atoms with Crippen LogP contribution in [0.1, 0.15) is 30.5 Å². The minimum atomic E-state index is 0.646. The summed E-state index contributed by atoms with van der Waals surface area (Å²) in [6.45, 7) is 1.99. The van der Waals surface area contributed by atoms with Gasteiger partial charge in [-0.05, 0) is 37.8 Å². The summed E-state index contributed by atoms with van der Waals surface area (Å²) in [5.74, 6) is 0. The van der Waals surface area contributed by atoms with Gasteiger partial charge >= 0.3 is 0 Å². The van der Waals surface area contributed by atoms with Gasteiger partial charge in [-0.3, -0.25) is 4.90 Å². The number of rotatable bonds is 5. The predicted molar refractivity (Wildman–Crippen MR) is 83.1 cm³/mol. The highest BCUT2D eigenvalue weighted by Crippen LogP contribution is 2.26. The third kappa shape index (κ3) is 3.37. The van der Waals surface area contributed by atoms with Gasteiger partial charge in [-0.25, -0.2) is 0 Å². The average molecular weight is 308 g/mol. The monoisotopic (exact) mass is 307 g/mol. The molecule has 1 aliphatic heterocycles. The normalized spacial score (nSPS) is 19.6. The van der Waals surface area contributed by atoms with Crippen LogP contribution in [0.4, 0.5) is 0 Å². The van der Waals surface area contributed by atoms with Crippen molar-refractivity contribution in [1.82, 2.24) is 14.5 Å². The fourth-order valence-corrected chi connectivity index (χ4v) is 3.50. The van der Waals surface area contributed by atoms with Gasteiger partial charge in [-0.2, -0.15) is 0 Å². The van der Waals surface area contributed by atoms with Crippen molar-refractivity contribution in [1.29, 1.82) is 0 Å². The third-order valence-corrected chi connectivity index (χ3v) is 4.95. The van der Waals surface area contributed by atoms with E-state index in [0.717, 1.165) is 29.5 Å². The van der Waals surface area contributed by atoms with Crippen molar-refractivity contribution in [2.45, 2.75) is 38.3 Å². The zero-order valence-electron chi connectivity index (χ0n) is 11.3. The Labute approximate surface area is 128 Å². The highest BCUT2D eigenvalue weighted by Gasteiger charge is 2.25. The van der Waals surface area contributed by atoms with Crippen LogP contribution >= 0.6 is 23.1 Å². The molecule has 1 saturated heterocycles. The second-order valence-electron chi connectivity index (χ2n) is 5.28. The predicted octanol–water partition coefficient (Wildman–Crippen LogP) is 3.79. The number of hydrogen-bond acceptors (Lipinski definition) is 4. The van der Waals surface area contributed by atoms with E-state index in [2.05, 4.69) is 44.8 Å². The van der Waals surface area contributed by atoms with Crippen molar-refractivity contribution < 1.29 is 0 Å². The molecular weight excluding hydrogens is 290 g/mol. The number of likely N-dealkylation sites (tertiary alicyclic amines) is 1. The van der Waals surface area contributed by atoms with Crippen LogP contribution in [0.5, 0.6) is 0 Å². The second kappa shape index (κ2) is 6.66. The Morgan fingerprint density at radius 3 is 2.90 bits per heavy atom. The van der Waals surface area contributed by atoms with Gasteiger partial charge in [0.05, 0.1) is 0 Å². The lowest BCUT2D eigenvalue weighted by atomic mass is 10.0. The van der Waals surface area contributed by atoms with Gasteiger partial charge < -0.3 is 0 Å². The van der Waals surface area contributed by atoms with Crippen molar-refractivity contribution in [3.8, 4) is 0 Å². The van der Waals surface area contributed by atoms with Crippen LogP contribution in [-0.4, -0.2) is 27.1 Å². The molecule has 0 radical (unpaired) electrons. The Kier molecular flexibility index (Phi) is 4.65. The number of aromatic nitrogens is 2. The van der Waals surface area contributed by atoms with Crippen molar-refractivity contribution in [2.24, 2.45) is 0 Å². The molecule has 20 heavy (non-hydrogen) atoms. The number of hydrogen-bond donors (Lipinski definition) is 0. The molecule has 2 aromatic rings. The Hall–Kier alpha value is -0.970. The van der Waals surface area contributed by atoms with E-state index in [-0.39, 0.29) is 0 Å². The maximum Gasteiger partial charge on any atom is 0.138 e. The van der Waals surface area contributed by atoms with E-state index >= 15 is 0 Å². The van der Waals surface area contributed by atoms with E-state index in [1.165, 1.54) is 36.4 Å². The van der Waals surface area contributed by atoms with Gasteiger partial charge in [0.2, 0.25) is 0 Å². The highest BCUT2D eigenvalue weighted by molar-refractivity contribution is 7.10.